The minimum atomic E-state index is -4.83. The summed E-state index contributed by atoms with van der Waals surface area (Å²) in [5.41, 5.74) is -1.45. The molecule has 0 aromatic heterocycles. The summed E-state index contributed by atoms with van der Waals surface area (Å²) in [4.78, 5) is 0. The lowest BCUT2D eigenvalue weighted by Crippen LogP contribution is -2.39. The molecule has 0 bridgehead atoms. The van der Waals surface area contributed by atoms with Crippen LogP contribution in [0.4, 0.5) is 22.0 Å². The smallest absolute Gasteiger partial charge is 0.210 e. The summed E-state index contributed by atoms with van der Waals surface area (Å²) in [6, 6.07) is 0. The molecule has 0 aliphatic carbocycles. The Bertz CT molecular complexity index is 127. The van der Waals surface area contributed by atoms with Gasteiger partial charge >= 0.3 is 6.18 Å². The van der Waals surface area contributed by atoms with E-state index in [1.165, 1.54) is 0 Å². The lowest BCUT2D eigenvalue weighted by molar-refractivity contribution is -0.234. The van der Waals surface area contributed by atoms with Gasteiger partial charge in [-0.3, -0.25) is 0 Å². The van der Waals surface area contributed by atoms with Gasteiger partial charge in [-0.05, 0) is 5.41 Å². The van der Waals surface area contributed by atoms with Gasteiger partial charge in [0.1, 0.15) is 5.92 Å². The monoisotopic (exact) mass is 190 g/mol. The fourth-order valence-corrected chi connectivity index (χ4v) is 1.01. The summed E-state index contributed by atoms with van der Waals surface area (Å²) >= 11 is 0. The van der Waals surface area contributed by atoms with E-state index >= 15 is 0 Å². The quantitative estimate of drug-likeness (QED) is 0.555. The molecule has 5 heteroatoms. The van der Waals surface area contributed by atoms with Crippen LogP contribution < -0.4 is 0 Å². The highest BCUT2D eigenvalue weighted by atomic mass is 19.4. The van der Waals surface area contributed by atoms with Gasteiger partial charge in [-0.2, -0.15) is 13.2 Å². The molecule has 74 valence electrons. The Hall–Kier alpha value is -0.350. The lowest BCUT2D eigenvalue weighted by atomic mass is 9.80. The highest BCUT2D eigenvalue weighted by Gasteiger charge is 2.52. The van der Waals surface area contributed by atoms with Crippen molar-refractivity contribution in [3.8, 4) is 0 Å². The number of halogens is 5. The van der Waals surface area contributed by atoms with Gasteiger partial charge < -0.3 is 0 Å². The van der Waals surface area contributed by atoms with Crippen LogP contribution in [0, 0.1) is 11.3 Å². The first-order valence-corrected chi connectivity index (χ1v) is 3.41. The van der Waals surface area contributed by atoms with Crippen LogP contribution in [0.25, 0.3) is 0 Å². The molecule has 0 aliphatic heterocycles. The molecule has 0 rings (SSSR count). The zero-order valence-corrected chi connectivity index (χ0v) is 7.04. The standard InChI is InChI=1S/C7H11F5/c1-6(2,3)4(5(8)9)7(10,11)12/h4-5H,1-3H3. The third-order valence-electron chi connectivity index (χ3n) is 1.54. The topological polar surface area (TPSA) is 0 Å². The molecule has 1 unspecified atom stereocenters. The molecule has 0 aromatic rings. The van der Waals surface area contributed by atoms with Crippen LogP contribution in [0.3, 0.4) is 0 Å². The van der Waals surface area contributed by atoms with E-state index in [1.54, 1.807) is 0 Å². The van der Waals surface area contributed by atoms with Crippen molar-refractivity contribution in [3.05, 3.63) is 0 Å². The molecule has 0 saturated heterocycles. The van der Waals surface area contributed by atoms with Crippen molar-refractivity contribution < 1.29 is 22.0 Å². The van der Waals surface area contributed by atoms with E-state index in [9.17, 15) is 22.0 Å². The van der Waals surface area contributed by atoms with Crippen molar-refractivity contribution in [1.29, 1.82) is 0 Å². The van der Waals surface area contributed by atoms with Crippen LogP contribution in [0.5, 0.6) is 0 Å². The third-order valence-corrected chi connectivity index (χ3v) is 1.54. The Morgan fingerprint density at radius 1 is 0.917 bits per heavy atom. The summed E-state index contributed by atoms with van der Waals surface area (Å²) in [7, 11) is 0. The van der Waals surface area contributed by atoms with E-state index in [2.05, 4.69) is 0 Å². The first-order valence-electron chi connectivity index (χ1n) is 3.41. The van der Waals surface area contributed by atoms with E-state index in [0.29, 0.717) is 0 Å². The Morgan fingerprint density at radius 3 is 1.25 bits per heavy atom. The lowest BCUT2D eigenvalue weighted by Gasteiger charge is -2.31. The van der Waals surface area contributed by atoms with E-state index in [-0.39, 0.29) is 0 Å². The second-order valence-corrected chi connectivity index (χ2v) is 3.72. The molecule has 1 atom stereocenters. The molecule has 0 aliphatic rings. The predicted molar refractivity (Wildman–Crippen MR) is 35.0 cm³/mol. The Balaban J connectivity index is 4.70. The Labute approximate surface area is 67.8 Å². The third kappa shape index (κ3) is 2.95. The van der Waals surface area contributed by atoms with Crippen molar-refractivity contribution >= 4 is 0 Å². The fourth-order valence-electron chi connectivity index (χ4n) is 1.01. The zero-order chi connectivity index (χ0) is 10.2. The van der Waals surface area contributed by atoms with Crippen LogP contribution >= 0.6 is 0 Å². The van der Waals surface area contributed by atoms with E-state index in [0.717, 1.165) is 20.8 Å². The first kappa shape index (κ1) is 11.6. The summed E-state index contributed by atoms with van der Waals surface area (Å²) in [6.45, 7) is 3.45. The van der Waals surface area contributed by atoms with Crippen molar-refractivity contribution in [2.45, 2.75) is 33.4 Å². The van der Waals surface area contributed by atoms with E-state index < -0.39 is 23.9 Å². The van der Waals surface area contributed by atoms with Gasteiger partial charge in [-0.15, -0.1) is 0 Å². The van der Waals surface area contributed by atoms with Crippen LogP contribution in [0.2, 0.25) is 0 Å². The maximum atomic E-state index is 12.0. The maximum Gasteiger partial charge on any atom is 0.397 e. The second kappa shape index (κ2) is 3.18. The molecule has 0 saturated carbocycles. The zero-order valence-electron chi connectivity index (χ0n) is 7.04. The minimum Gasteiger partial charge on any atom is -0.210 e. The van der Waals surface area contributed by atoms with Gasteiger partial charge in [-0.1, -0.05) is 20.8 Å². The van der Waals surface area contributed by atoms with Crippen molar-refractivity contribution in [1.82, 2.24) is 0 Å². The van der Waals surface area contributed by atoms with Crippen molar-refractivity contribution in [2.24, 2.45) is 11.3 Å². The molecule has 0 spiro atoms. The first-order chi connectivity index (χ1) is 5.07. The average molecular weight is 190 g/mol. The molecular formula is C7H11F5. The molecule has 0 aromatic carbocycles. The highest BCUT2D eigenvalue weighted by Crippen LogP contribution is 2.42. The molecule has 0 fully saturated rings. The van der Waals surface area contributed by atoms with Crippen LogP contribution in [0.1, 0.15) is 20.8 Å². The minimum absolute atomic E-state index is 1.15. The Kier molecular flexibility index (Phi) is 3.09. The van der Waals surface area contributed by atoms with Gasteiger partial charge in [0.25, 0.3) is 6.43 Å². The molecular weight excluding hydrogens is 179 g/mol. The van der Waals surface area contributed by atoms with Crippen molar-refractivity contribution in [2.75, 3.05) is 0 Å². The molecule has 0 amide bonds. The Morgan fingerprint density at radius 2 is 1.25 bits per heavy atom. The van der Waals surface area contributed by atoms with Gasteiger partial charge in [-0.25, -0.2) is 8.78 Å². The number of hydrogen-bond acceptors (Lipinski definition) is 0. The maximum absolute atomic E-state index is 12.0. The average Bonchev–Trinajstić information content (AvgIpc) is 1.49. The molecule has 0 nitrogen and oxygen atoms in total. The normalized spacial score (nSPS) is 16.8. The van der Waals surface area contributed by atoms with Gasteiger partial charge in [0.15, 0.2) is 0 Å². The molecule has 12 heavy (non-hydrogen) atoms. The van der Waals surface area contributed by atoms with Crippen LogP contribution in [-0.2, 0) is 0 Å². The largest absolute Gasteiger partial charge is 0.397 e. The van der Waals surface area contributed by atoms with E-state index in [1.807, 2.05) is 0 Å². The molecule has 0 radical (unpaired) electrons. The van der Waals surface area contributed by atoms with E-state index in [4.69, 9.17) is 0 Å². The van der Waals surface area contributed by atoms with Gasteiger partial charge in [0, 0.05) is 0 Å². The number of rotatable bonds is 1. The van der Waals surface area contributed by atoms with Crippen molar-refractivity contribution in [3.63, 3.8) is 0 Å². The molecule has 0 heterocycles. The fraction of sp³-hybridized carbons (Fsp3) is 1.00. The number of alkyl halides is 5. The second-order valence-electron chi connectivity index (χ2n) is 3.72. The summed E-state index contributed by atoms with van der Waals surface area (Å²) < 4.78 is 59.9. The summed E-state index contributed by atoms with van der Waals surface area (Å²) in [6.07, 6.45) is -8.18. The summed E-state index contributed by atoms with van der Waals surface area (Å²) in [5.74, 6) is -2.55. The molecule has 0 N–H and O–H groups in total. The van der Waals surface area contributed by atoms with Crippen LogP contribution in [0.15, 0.2) is 0 Å². The van der Waals surface area contributed by atoms with Gasteiger partial charge in [0.2, 0.25) is 0 Å². The van der Waals surface area contributed by atoms with Gasteiger partial charge in [0.05, 0.1) is 0 Å². The van der Waals surface area contributed by atoms with Crippen LogP contribution in [-0.4, -0.2) is 12.6 Å². The highest BCUT2D eigenvalue weighted by molar-refractivity contribution is 4.81. The summed E-state index contributed by atoms with van der Waals surface area (Å²) in [5, 5.41) is 0. The predicted octanol–water partition coefficient (Wildman–Crippen LogP) is 3.48. The SMILES string of the molecule is CC(C)(C)C(C(F)F)C(F)(F)F. The number of hydrogen-bond donors (Lipinski definition) is 0.